The zero-order valence-electron chi connectivity index (χ0n) is 10.2. The molecule has 0 saturated heterocycles. The van der Waals surface area contributed by atoms with Gasteiger partial charge in [-0.2, -0.15) is 0 Å². The van der Waals surface area contributed by atoms with E-state index >= 15 is 0 Å². The predicted octanol–water partition coefficient (Wildman–Crippen LogP) is 1.49. The third-order valence-electron chi connectivity index (χ3n) is 3.45. The van der Waals surface area contributed by atoms with Crippen LogP contribution in [0.2, 0.25) is 0 Å². The van der Waals surface area contributed by atoms with E-state index in [0.717, 1.165) is 47.3 Å². The molecule has 0 amide bonds. The monoisotopic (exact) mass is 307 g/mol. The largest absolute Gasteiger partial charge is 0.306 e. The Bertz CT molecular complexity index is 665. The van der Waals surface area contributed by atoms with Gasteiger partial charge in [0.1, 0.15) is 5.65 Å². The minimum atomic E-state index is 0.0813. The highest BCUT2D eigenvalue weighted by Gasteiger charge is 2.17. The molecule has 0 unspecified atom stereocenters. The van der Waals surface area contributed by atoms with Crippen molar-refractivity contribution in [3.8, 4) is 0 Å². The highest BCUT2D eigenvalue weighted by molar-refractivity contribution is 9.10. The number of hydrogen-bond donors (Lipinski definition) is 0. The fourth-order valence-corrected chi connectivity index (χ4v) is 2.69. The van der Waals surface area contributed by atoms with Gasteiger partial charge >= 0.3 is 0 Å². The summed E-state index contributed by atoms with van der Waals surface area (Å²) >= 11 is 3.41. The number of hydrogen-bond acceptors (Lipinski definition) is 3. The minimum Gasteiger partial charge on any atom is -0.306 e. The van der Waals surface area contributed by atoms with Gasteiger partial charge in [-0.05, 0) is 25.6 Å². The third kappa shape index (κ3) is 1.97. The Balaban J connectivity index is 2.26. The van der Waals surface area contributed by atoms with E-state index in [-0.39, 0.29) is 5.56 Å². The smallest absolute Gasteiger partial charge is 0.261 e. The summed E-state index contributed by atoms with van der Waals surface area (Å²) in [6.45, 7) is 1.89. The fraction of sp³-hybridized carbons (Fsp3) is 0.385. The van der Waals surface area contributed by atoms with E-state index in [4.69, 9.17) is 0 Å². The first-order valence-corrected chi connectivity index (χ1v) is 6.82. The van der Waals surface area contributed by atoms with Gasteiger partial charge in [-0.1, -0.05) is 15.9 Å². The molecule has 0 N–H and O–H groups in total. The molecule has 0 aliphatic carbocycles. The Morgan fingerprint density at radius 1 is 1.33 bits per heavy atom. The van der Waals surface area contributed by atoms with Gasteiger partial charge in [-0.3, -0.25) is 9.20 Å². The number of nitrogens with zero attached hydrogens (tertiary/aromatic N) is 3. The molecule has 0 radical (unpaired) electrons. The second kappa shape index (κ2) is 4.48. The van der Waals surface area contributed by atoms with Crippen LogP contribution in [0.1, 0.15) is 11.3 Å². The highest BCUT2D eigenvalue weighted by Crippen LogP contribution is 2.14. The van der Waals surface area contributed by atoms with Crippen molar-refractivity contribution in [2.24, 2.45) is 0 Å². The number of halogens is 1. The maximum absolute atomic E-state index is 12.4. The normalized spacial score (nSPS) is 16.6. The van der Waals surface area contributed by atoms with Gasteiger partial charge in [0.05, 0.1) is 5.69 Å². The van der Waals surface area contributed by atoms with Crippen molar-refractivity contribution in [1.29, 1.82) is 0 Å². The van der Waals surface area contributed by atoms with E-state index in [0.29, 0.717) is 0 Å². The molecule has 0 bridgehead atoms. The van der Waals surface area contributed by atoms with E-state index in [1.54, 1.807) is 10.6 Å². The van der Waals surface area contributed by atoms with E-state index in [2.05, 4.69) is 32.9 Å². The van der Waals surface area contributed by atoms with Gasteiger partial charge in [0, 0.05) is 35.7 Å². The topological polar surface area (TPSA) is 37.6 Å². The van der Waals surface area contributed by atoms with Crippen molar-refractivity contribution in [2.45, 2.75) is 12.8 Å². The van der Waals surface area contributed by atoms with Crippen LogP contribution in [0.5, 0.6) is 0 Å². The molecule has 2 aromatic rings. The first-order chi connectivity index (χ1) is 8.65. The molecule has 3 heterocycles. The van der Waals surface area contributed by atoms with E-state index in [1.165, 1.54) is 0 Å². The second-order valence-corrected chi connectivity index (χ2v) is 5.63. The van der Waals surface area contributed by atoms with E-state index in [1.807, 2.05) is 12.1 Å². The molecule has 0 spiro atoms. The molecule has 4 nitrogen and oxygen atoms in total. The summed E-state index contributed by atoms with van der Waals surface area (Å²) in [5, 5.41) is 0. The lowest BCUT2D eigenvalue weighted by Crippen LogP contribution is -2.23. The molecular formula is C13H14BrN3O. The average Bonchev–Trinajstić information content (AvgIpc) is 2.52. The van der Waals surface area contributed by atoms with Crippen LogP contribution in [0.25, 0.3) is 5.65 Å². The van der Waals surface area contributed by atoms with Gasteiger partial charge in [-0.25, -0.2) is 4.98 Å². The molecule has 3 rings (SSSR count). The van der Waals surface area contributed by atoms with Gasteiger partial charge in [-0.15, -0.1) is 0 Å². The Labute approximate surface area is 113 Å². The Hall–Kier alpha value is -1.20. The Morgan fingerprint density at radius 3 is 2.94 bits per heavy atom. The highest BCUT2D eigenvalue weighted by atomic mass is 79.9. The SMILES string of the molecule is CN1CCc2nc3cc(Br)ccn3c(=O)c2CC1. The summed E-state index contributed by atoms with van der Waals surface area (Å²) in [5.41, 5.74) is 2.64. The van der Waals surface area contributed by atoms with Crippen LogP contribution in [0, 0.1) is 0 Å². The molecule has 94 valence electrons. The van der Waals surface area contributed by atoms with Crippen LogP contribution in [0.4, 0.5) is 0 Å². The van der Waals surface area contributed by atoms with Crippen molar-refractivity contribution < 1.29 is 0 Å². The summed E-state index contributed by atoms with van der Waals surface area (Å²) in [4.78, 5) is 19.3. The molecule has 0 aromatic carbocycles. The average molecular weight is 308 g/mol. The maximum Gasteiger partial charge on any atom is 0.261 e. The summed E-state index contributed by atoms with van der Waals surface area (Å²) in [6.07, 6.45) is 3.42. The molecule has 0 saturated carbocycles. The predicted molar refractivity (Wildman–Crippen MR) is 74.1 cm³/mol. The van der Waals surface area contributed by atoms with Crippen LogP contribution >= 0.6 is 15.9 Å². The molecule has 18 heavy (non-hydrogen) atoms. The molecule has 5 heteroatoms. The first-order valence-electron chi connectivity index (χ1n) is 6.03. The maximum atomic E-state index is 12.4. The third-order valence-corrected chi connectivity index (χ3v) is 3.94. The molecule has 1 aliphatic rings. The summed E-state index contributed by atoms with van der Waals surface area (Å²) in [7, 11) is 2.08. The summed E-state index contributed by atoms with van der Waals surface area (Å²) in [6, 6.07) is 3.75. The number of likely N-dealkylation sites (N-methyl/N-ethyl adjacent to an activating group) is 1. The molecule has 0 atom stereocenters. The summed E-state index contributed by atoms with van der Waals surface area (Å²) in [5.74, 6) is 0. The van der Waals surface area contributed by atoms with Gasteiger partial charge in [0.25, 0.3) is 5.56 Å². The second-order valence-electron chi connectivity index (χ2n) is 4.72. The van der Waals surface area contributed by atoms with E-state index < -0.39 is 0 Å². The van der Waals surface area contributed by atoms with Gasteiger partial charge < -0.3 is 4.90 Å². The van der Waals surface area contributed by atoms with Crippen molar-refractivity contribution >= 4 is 21.6 Å². The lowest BCUT2D eigenvalue weighted by molar-refractivity contribution is 0.352. The quantitative estimate of drug-likeness (QED) is 0.740. The molecule has 0 fully saturated rings. The fourth-order valence-electron chi connectivity index (χ4n) is 2.36. The van der Waals surface area contributed by atoms with Crippen LogP contribution in [0.3, 0.4) is 0 Å². The van der Waals surface area contributed by atoms with Crippen LogP contribution in [-0.2, 0) is 12.8 Å². The first kappa shape index (κ1) is 11.9. The molecule has 1 aliphatic heterocycles. The minimum absolute atomic E-state index is 0.0813. The molecular weight excluding hydrogens is 294 g/mol. The summed E-state index contributed by atoms with van der Waals surface area (Å²) < 4.78 is 2.58. The Kier molecular flexibility index (Phi) is 2.95. The van der Waals surface area contributed by atoms with Crippen molar-refractivity contribution in [2.75, 3.05) is 20.1 Å². The van der Waals surface area contributed by atoms with Crippen LogP contribution in [-0.4, -0.2) is 34.4 Å². The van der Waals surface area contributed by atoms with Crippen molar-refractivity contribution in [3.63, 3.8) is 0 Å². The van der Waals surface area contributed by atoms with Crippen molar-refractivity contribution in [3.05, 3.63) is 44.4 Å². The van der Waals surface area contributed by atoms with Gasteiger partial charge in [0.15, 0.2) is 0 Å². The Morgan fingerprint density at radius 2 is 2.11 bits per heavy atom. The van der Waals surface area contributed by atoms with Crippen LogP contribution in [0.15, 0.2) is 27.6 Å². The standard InChI is InChI=1S/C13H14BrN3O/c1-16-5-3-10-11(4-6-16)15-12-8-9(14)2-7-17(12)13(10)18/h2,7-8H,3-6H2,1H3. The number of fused-ring (bicyclic) bond motifs is 2. The lowest BCUT2D eigenvalue weighted by atomic mass is 10.1. The number of pyridine rings is 1. The van der Waals surface area contributed by atoms with Gasteiger partial charge in [0.2, 0.25) is 0 Å². The molecule has 2 aromatic heterocycles. The number of rotatable bonds is 0. The lowest BCUT2D eigenvalue weighted by Gasteiger charge is -2.10. The van der Waals surface area contributed by atoms with Crippen molar-refractivity contribution in [1.82, 2.24) is 14.3 Å². The van der Waals surface area contributed by atoms with Crippen LogP contribution < -0.4 is 5.56 Å². The zero-order valence-corrected chi connectivity index (χ0v) is 11.8. The zero-order chi connectivity index (χ0) is 12.7. The number of aromatic nitrogens is 2. The van der Waals surface area contributed by atoms with E-state index in [9.17, 15) is 4.79 Å².